The van der Waals surface area contributed by atoms with Crippen LogP contribution in [0.2, 0.25) is 0 Å². The van der Waals surface area contributed by atoms with Crippen LogP contribution in [0.4, 0.5) is 0 Å². The van der Waals surface area contributed by atoms with Crippen LogP contribution in [0.5, 0.6) is 5.75 Å². The van der Waals surface area contributed by atoms with Crippen molar-refractivity contribution in [2.75, 3.05) is 0 Å². The van der Waals surface area contributed by atoms with E-state index in [1.165, 1.54) is 19.3 Å². The van der Waals surface area contributed by atoms with Crippen LogP contribution < -0.4 is 5.73 Å². The summed E-state index contributed by atoms with van der Waals surface area (Å²) in [5.41, 5.74) is 8.09. The zero-order chi connectivity index (χ0) is 10.1. The third-order valence-corrected chi connectivity index (χ3v) is 3.28. The van der Waals surface area contributed by atoms with Gasteiger partial charge in [0, 0.05) is 6.04 Å². The molecular formula is C12H17NO. The molecule has 0 aromatic heterocycles. The van der Waals surface area contributed by atoms with E-state index in [0.29, 0.717) is 11.7 Å². The summed E-state index contributed by atoms with van der Waals surface area (Å²) in [6.45, 7) is 1.90. The van der Waals surface area contributed by atoms with Crippen LogP contribution in [0.1, 0.15) is 36.4 Å². The maximum atomic E-state index is 9.57. The van der Waals surface area contributed by atoms with Gasteiger partial charge in [0.1, 0.15) is 5.75 Å². The molecule has 1 atom stereocenters. The fourth-order valence-electron chi connectivity index (χ4n) is 1.90. The molecule has 0 saturated heterocycles. The molecule has 1 aromatic carbocycles. The van der Waals surface area contributed by atoms with Gasteiger partial charge in [0.2, 0.25) is 0 Å². The van der Waals surface area contributed by atoms with Gasteiger partial charge in [-0.15, -0.1) is 0 Å². The van der Waals surface area contributed by atoms with Gasteiger partial charge in [0.25, 0.3) is 0 Å². The van der Waals surface area contributed by atoms with Crippen molar-refractivity contribution in [2.45, 2.75) is 32.2 Å². The lowest BCUT2D eigenvalue weighted by Gasteiger charge is -2.31. The first-order chi connectivity index (χ1) is 6.68. The van der Waals surface area contributed by atoms with Gasteiger partial charge in [-0.05, 0) is 42.9 Å². The van der Waals surface area contributed by atoms with Crippen molar-refractivity contribution in [1.29, 1.82) is 0 Å². The van der Waals surface area contributed by atoms with Crippen molar-refractivity contribution >= 4 is 0 Å². The Labute approximate surface area is 84.7 Å². The van der Waals surface area contributed by atoms with Crippen molar-refractivity contribution in [3.8, 4) is 5.75 Å². The van der Waals surface area contributed by atoms with Crippen LogP contribution in [0.3, 0.4) is 0 Å². The number of phenolic OH excluding ortho intramolecular Hbond substituents is 1. The first kappa shape index (κ1) is 9.53. The largest absolute Gasteiger partial charge is 0.508 e. The molecule has 1 aliphatic carbocycles. The number of phenols is 1. The van der Waals surface area contributed by atoms with Gasteiger partial charge in [-0.3, -0.25) is 0 Å². The van der Waals surface area contributed by atoms with Gasteiger partial charge in [0.15, 0.2) is 0 Å². The van der Waals surface area contributed by atoms with E-state index in [-0.39, 0.29) is 6.04 Å². The summed E-state index contributed by atoms with van der Waals surface area (Å²) in [7, 11) is 0. The zero-order valence-electron chi connectivity index (χ0n) is 8.53. The Bertz CT molecular complexity index is 331. The number of aryl methyl sites for hydroxylation is 1. The summed E-state index contributed by atoms with van der Waals surface area (Å²) in [5.74, 6) is 0.981. The van der Waals surface area contributed by atoms with Gasteiger partial charge in [0.05, 0.1) is 0 Å². The molecule has 1 saturated carbocycles. The quantitative estimate of drug-likeness (QED) is 0.754. The summed E-state index contributed by atoms with van der Waals surface area (Å²) in [5, 5.41) is 9.57. The summed E-state index contributed by atoms with van der Waals surface area (Å²) in [6.07, 6.45) is 3.77. The second kappa shape index (κ2) is 3.62. The molecule has 1 aliphatic rings. The minimum absolute atomic E-state index is 0.107. The predicted octanol–water partition coefficient (Wildman–Crippen LogP) is 2.50. The highest BCUT2D eigenvalue weighted by atomic mass is 16.3. The third-order valence-electron chi connectivity index (χ3n) is 3.28. The van der Waals surface area contributed by atoms with E-state index < -0.39 is 0 Å². The van der Waals surface area contributed by atoms with E-state index in [1.54, 1.807) is 6.07 Å². The molecule has 0 spiro atoms. The van der Waals surface area contributed by atoms with Crippen LogP contribution in [-0.4, -0.2) is 5.11 Å². The highest BCUT2D eigenvalue weighted by molar-refractivity contribution is 5.36. The van der Waals surface area contributed by atoms with Crippen molar-refractivity contribution in [2.24, 2.45) is 11.7 Å². The fourth-order valence-corrected chi connectivity index (χ4v) is 1.90. The smallest absolute Gasteiger partial charge is 0.118 e. The van der Waals surface area contributed by atoms with Gasteiger partial charge in [-0.1, -0.05) is 18.6 Å². The first-order valence-electron chi connectivity index (χ1n) is 5.23. The Morgan fingerprint density at radius 2 is 2.14 bits per heavy atom. The summed E-state index contributed by atoms with van der Waals surface area (Å²) in [6, 6.07) is 5.87. The third kappa shape index (κ3) is 1.62. The molecule has 1 aromatic rings. The molecule has 76 valence electrons. The second-order valence-electron chi connectivity index (χ2n) is 4.26. The van der Waals surface area contributed by atoms with Crippen molar-refractivity contribution in [1.82, 2.24) is 0 Å². The van der Waals surface area contributed by atoms with Crippen LogP contribution in [0.15, 0.2) is 18.2 Å². The molecule has 0 amide bonds. The minimum atomic E-state index is 0.107. The second-order valence-corrected chi connectivity index (χ2v) is 4.26. The van der Waals surface area contributed by atoms with E-state index >= 15 is 0 Å². The monoisotopic (exact) mass is 191 g/mol. The molecule has 1 unspecified atom stereocenters. The molecule has 0 bridgehead atoms. The Morgan fingerprint density at radius 3 is 2.64 bits per heavy atom. The van der Waals surface area contributed by atoms with E-state index in [0.717, 1.165) is 11.1 Å². The van der Waals surface area contributed by atoms with Crippen molar-refractivity contribution < 1.29 is 5.11 Å². The molecule has 2 rings (SSSR count). The number of hydrogen-bond donors (Lipinski definition) is 2. The maximum Gasteiger partial charge on any atom is 0.118 e. The Hall–Kier alpha value is -1.02. The normalized spacial score (nSPS) is 19.0. The van der Waals surface area contributed by atoms with Gasteiger partial charge in [-0.25, -0.2) is 0 Å². The van der Waals surface area contributed by atoms with Crippen LogP contribution in [-0.2, 0) is 0 Å². The molecule has 0 aliphatic heterocycles. The number of aromatic hydroxyl groups is 1. The topological polar surface area (TPSA) is 46.2 Å². The Kier molecular flexibility index (Phi) is 2.46. The maximum absolute atomic E-state index is 9.57. The van der Waals surface area contributed by atoms with Gasteiger partial charge < -0.3 is 10.8 Å². The number of nitrogens with two attached hydrogens (primary N) is 1. The molecule has 2 nitrogen and oxygen atoms in total. The van der Waals surface area contributed by atoms with Crippen LogP contribution in [0, 0.1) is 12.8 Å². The molecular weight excluding hydrogens is 174 g/mol. The van der Waals surface area contributed by atoms with Crippen molar-refractivity contribution in [3.05, 3.63) is 29.3 Å². The average molecular weight is 191 g/mol. The lowest BCUT2D eigenvalue weighted by molar-refractivity contribution is 0.264. The number of hydrogen-bond acceptors (Lipinski definition) is 2. The summed E-state index contributed by atoms with van der Waals surface area (Å²) >= 11 is 0. The Balaban J connectivity index is 2.18. The number of benzene rings is 1. The minimum Gasteiger partial charge on any atom is -0.508 e. The molecule has 0 radical (unpaired) electrons. The van der Waals surface area contributed by atoms with E-state index in [1.807, 2.05) is 19.1 Å². The highest BCUT2D eigenvalue weighted by Crippen LogP contribution is 2.37. The summed E-state index contributed by atoms with van der Waals surface area (Å²) in [4.78, 5) is 0. The molecule has 0 heterocycles. The molecule has 2 heteroatoms. The SMILES string of the molecule is Cc1ccc(C(N)C2CCC2)cc1O. The molecule has 3 N–H and O–H groups in total. The van der Waals surface area contributed by atoms with Gasteiger partial charge in [-0.2, -0.15) is 0 Å². The standard InChI is InChI=1S/C12H17NO/c1-8-5-6-10(7-11(8)14)12(13)9-3-2-4-9/h5-7,9,12,14H,2-4,13H2,1H3. The highest BCUT2D eigenvalue weighted by Gasteiger charge is 2.25. The van der Waals surface area contributed by atoms with Crippen LogP contribution >= 0.6 is 0 Å². The predicted molar refractivity (Wildman–Crippen MR) is 57.1 cm³/mol. The zero-order valence-corrected chi connectivity index (χ0v) is 8.53. The molecule has 1 fully saturated rings. The first-order valence-corrected chi connectivity index (χ1v) is 5.23. The fraction of sp³-hybridized carbons (Fsp3) is 0.500. The van der Waals surface area contributed by atoms with E-state index in [2.05, 4.69) is 0 Å². The van der Waals surface area contributed by atoms with E-state index in [4.69, 9.17) is 5.73 Å². The van der Waals surface area contributed by atoms with Crippen LogP contribution in [0.25, 0.3) is 0 Å². The lowest BCUT2D eigenvalue weighted by Crippen LogP contribution is -2.26. The number of rotatable bonds is 2. The summed E-state index contributed by atoms with van der Waals surface area (Å²) < 4.78 is 0. The van der Waals surface area contributed by atoms with Gasteiger partial charge >= 0.3 is 0 Å². The van der Waals surface area contributed by atoms with Crippen molar-refractivity contribution in [3.63, 3.8) is 0 Å². The Morgan fingerprint density at radius 1 is 1.43 bits per heavy atom. The lowest BCUT2D eigenvalue weighted by atomic mass is 9.77. The molecule has 14 heavy (non-hydrogen) atoms. The van der Waals surface area contributed by atoms with E-state index in [9.17, 15) is 5.11 Å². The average Bonchev–Trinajstić information content (AvgIpc) is 2.06.